The number of hydrogen-bond donors (Lipinski definition) is 1. The predicted octanol–water partition coefficient (Wildman–Crippen LogP) is 5.54. The minimum atomic E-state index is -0.00948. The number of nitrogens with one attached hydrogen (secondary N) is 1. The minimum Gasteiger partial charge on any atom is -0.377 e. The monoisotopic (exact) mass is 344 g/mol. The maximum Gasteiger partial charge on any atom is 0.138 e. The van der Waals surface area contributed by atoms with Crippen molar-refractivity contribution in [3.63, 3.8) is 0 Å². The molecule has 3 aromatic rings. The molecule has 2 aromatic carbocycles. The van der Waals surface area contributed by atoms with Crippen LogP contribution in [0.3, 0.4) is 0 Å². The fraction of sp³-hybridized carbons (Fsp3) is 0.304. The molecule has 0 saturated heterocycles. The molecule has 3 nitrogen and oxygen atoms in total. The number of hydrogen-bond acceptors (Lipinski definition) is 3. The van der Waals surface area contributed by atoms with Gasteiger partial charge in [0.1, 0.15) is 5.78 Å². The lowest BCUT2D eigenvalue weighted by Crippen LogP contribution is -2.27. The van der Waals surface area contributed by atoms with Gasteiger partial charge in [-0.25, -0.2) is 0 Å². The highest BCUT2D eigenvalue weighted by molar-refractivity contribution is 5.86. The number of Topliss-reactive ketones (excluding diaryl/α,β-unsaturated/α-hetero) is 1. The SMILES string of the molecule is O=C1CCCCC[C@H]1[C@H](Nc1ccc2ccccc2c1)c1ccncc1. The molecule has 1 aromatic heterocycles. The number of nitrogens with zero attached hydrogens (tertiary/aromatic N) is 1. The normalized spacial score (nSPS) is 19.1. The van der Waals surface area contributed by atoms with Gasteiger partial charge in [-0.05, 0) is 53.4 Å². The molecule has 3 heteroatoms. The highest BCUT2D eigenvalue weighted by atomic mass is 16.1. The largest absolute Gasteiger partial charge is 0.377 e. The predicted molar refractivity (Wildman–Crippen MR) is 106 cm³/mol. The number of carbonyl (C=O) groups is 1. The van der Waals surface area contributed by atoms with Gasteiger partial charge in [0.2, 0.25) is 0 Å². The maximum absolute atomic E-state index is 12.8. The number of carbonyl (C=O) groups excluding carboxylic acids is 1. The van der Waals surface area contributed by atoms with Crippen LogP contribution < -0.4 is 5.32 Å². The number of benzene rings is 2. The third-order valence-electron chi connectivity index (χ3n) is 5.39. The van der Waals surface area contributed by atoms with Gasteiger partial charge in [-0.3, -0.25) is 9.78 Å². The van der Waals surface area contributed by atoms with E-state index in [-0.39, 0.29) is 12.0 Å². The number of pyridine rings is 1. The van der Waals surface area contributed by atoms with Crippen LogP contribution in [0.1, 0.15) is 43.7 Å². The lowest BCUT2D eigenvalue weighted by Gasteiger charge is -2.28. The first-order valence-corrected chi connectivity index (χ1v) is 9.49. The van der Waals surface area contributed by atoms with Crippen molar-refractivity contribution >= 4 is 22.2 Å². The van der Waals surface area contributed by atoms with E-state index in [4.69, 9.17) is 0 Å². The van der Waals surface area contributed by atoms with Crippen molar-refractivity contribution in [3.8, 4) is 0 Å². The molecule has 4 rings (SSSR count). The van der Waals surface area contributed by atoms with Gasteiger partial charge in [-0.2, -0.15) is 0 Å². The minimum absolute atomic E-state index is 0.00948. The van der Waals surface area contributed by atoms with Gasteiger partial charge in [0.25, 0.3) is 0 Å². The Morgan fingerprint density at radius 3 is 2.58 bits per heavy atom. The van der Waals surface area contributed by atoms with Crippen LogP contribution in [0.5, 0.6) is 0 Å². The van der Waals surface area contributed by atoms with Crippen molar-refractivity contribution in [2.75, 3.05) is 5.32 Å². The summed E-state index contributed by atoms with van der Waals surface area (Å²) >= 11 is 0. The summed E-state index contributed by atoms with van der Waals surface area (Å²) < 4.78 is 0. The molecule has 0 aliphatic heterocycles. The summed E-state index contributed by atoms with van der Waals surface area (Å²) in [7, 11) is 0. The summed E-state index contributed by atoms with van der Waals surface area (Å²) in [5.74, 6) is 0.406. The first kappa shape index (κ1) is 16.8. The van der Waals surface area contributed by atoms with Gasteiger partial charge >= 0.3 is 0 Å². The highest BCUT2D eigenvalue weighted by Gasteiger charge is 2.30. The summed E-state index contributed by atoms with van der Waals surface area (Å²) in [5, 5.41) is 6.10. The summed E-state index contributed by atoms with van der Waals surface area (Å²) in [4.78, 5) is 16.9. The second-order valence-corrected chi connectivity index (χ2v) is 7.14. The van der Waals surface area contributed by atoms with Crippen LogP contribution in [0.2, 0.25) is 0 Å². The number of anilines is 1. The van der Waals surface area contributed by atoms with E-state index in [1.807, 2.05) is 24.5 Å². The molecule has 0 radical (unpaired) electrons. The average Bonchev–Trinajstić information content (AvgIpc) is 2.91. The standard InChI is InChI=1S/C23H24N2O/c26-22-9-3-1-2-8-21(22)23(18-12-14-24-15-13-18)25-20-11-10-17-6-4-5-7-19(17)16-20/h4-7,10-16,21,23,25H,1-3,8-9H2/t21-,23-/m1/s1. The first-order chi connectivity index (χ1) is 12.8. The molecular formula is C23H24N2O. The highest BCUT2D eigenvalue weighted by Crippen LogP contribution is 2.34. The van der Waals surface area contributed by atoms with Crippen LogP contribution in [0.15, 0.2) is 67.0 Å². The Kier molecular flexibility index (Phi) is 4.96. The second kappa shape index (κ2) is 7.69. The third kappa shape index (κ3) is 3.62. The van der Waals surface area contributed by atoms with Crippen LogP contribution in [0, 0.1) is 5.92 Å². The molecule has 0 bridgehead atoms. The molecule has 1 aliphatic rings. The second-order valence-electron chi connectivity index (χ2n) is 7.14. The number of rotatable bonds is 4. The Morgan fingerprint density at radius 2 is 1.73 bits per heavy atom. The van der Waals surface area contributed by atoms with E-state index in [9.17, 15) is 4.79 Å². The van der Waals surface area contributed by atoms with E-state index in [0.29, 0.717) is 12.2 Å². The molecule has 1 heterocycles. The molecule has 0 spiro atoms. The van der Waals surface area contributed by atoms with Gasteiger partial charge in [0, 0.05) is 30.4 Å². The van der Waals surface area contributed by atoms with Gasteiger partial charge in [-0.15, -0.1) is 0 Å². The van der Waals surface area contributed by atoms with Crippen LogP contribution >= 0.6 is 0 Å². The fourth-order valence-corrected chi connectivity index (χ4v) is 3.98. The quantitative estimate of drug-likeness (QED) is 0.632. The van der Waals surface area contributed by atoms with E-state index in [0.717, 1.165) is 36.9 Å². The molecule has 0 amide bonds. The molecular weight excluding hydrogens is 320 g/mol. The maximum atomic E-state index is 12.8. The van der Waals surface area contributed by atoms with Crippen molar-refractivity contribution in [2.24, 2.45) is 5.92 Å². The van der Waals surface area contributed by atoms with E-state index in [1.165, 1.54) is 10.8 Å². The van der Waals surface area contributed by atoms with Crippen molar-refractivity contribution in [1.82, 2.24) is 4.98 Å². The van der Waals surface area contributed by atoms with Crippen LogP contribution in [-0.4, -0.2) is 10.8 Å². The molecule has 1 fully saturated rings. The zero-order valence-corrected chi connectivity index (χ0v) is 14.9. The summed E-state index contributed by atoms with van der Waals surface area (Å²) in [6, 6.07) is 18.8. The molecule has 26 heavy (non-hydrogen) atoms. The smallest absolute Gasteiger partial charge is 0.138 e. The molecule has 2 atom stereocenters. The Bertz CT molecular complexity index is 891. The number of aromatic nitrogens is 1. The van der Waals surface area contributed by atoms with Crippen LogP contribution in [-0.2, 0) is 4.79 Å². The van der Waals surface area contributed by atoms with Gasteiger partial charge in [0.15, 0.2) is 0 Å². The Labute approximate surface area is 154 Å². The van der Waals surface area contributed by atoms with Crippen LogP contribution in [0.4, 0.5) is 5.69 Å². The zero-order valence-electron chi connectivity index (χ0n) is 14.9. The van der Waals surface area contributed by atoms with Gasteiger partial charge in [-0.1, -0.05) is 43.2 Å². The van der Waals surface area contributed by atoms with Gasteiger partial charge < -0.3 is 5.32 Å². The number of ketones is 1. The average molecular weight is 344 g/mol. The van der Waals surface area contributed by atoms with E-state index in [1.54, 1.807) is 0 Å². The molecule has 1 saturated carbocycles. The summed E-state index contributed by atoms with van der Waals surface area (Å²) in [6.07, 6.45) is 8.57. The summed E-state index contributed by atoms with van der Waals surface area (Å²) in [5.41, 5.74) is 2.19. The van der Waals surface area contributed by atoms with Crippen molar-refractivity contribution in [3.05, 3.63) is 72.6 Å². The van der Waals surface area contributed by atoms with Crippen molar-refractivity contribution < 1.29 is 4.79 Å². The zero-order chi connectivity index (χ0) is 17.8. The third-order valence-corrected chi connectivity index (χ3v) is 5.39. The topological polar surface area (TPSA) is 42.0 Å². The Balaban J connectivity index is 1.68. The van der Waals surface area contributed by atoms with E-state index in [2.05, 4.69) is 52.8 Å². The molecule has 1 N–H and O–H groups in total. The van der Waals surface area contributed by atoms with Crippen LogP contribution in [0.25, 0.3) is 10.8 Å². The molecule has 132 valence electrons. The molecule has 0 unspecified atom stereocenters. The van der Waals surface area contributed by atoms with E-state index >= 15 is 0 Å². The van der Waals surface area contributed by atoms with Crippen molar-refractivity contribution in [1.29, 1.82) is 0 Å². The Hall–Kier alpha value is -2.68. The first-order valence-electron chi connectivity index (χ1n) is 9.49. The lowest BCUT2D eigenvalue weighted by molar-refractivity contribution is -0.123. The van der Waals surface area contributed by atoms with Crippen molar-refractivity contribution in [2.45, 2.75) is 38.1 Å². The Morgan fingerprint density at radius 1 is 0.923 bits per heavy atom. The van der Waals surface area contributed by atoms with E-state index < -0.39 is 0 Å². The molecule has 1 aliphatic carbocycles. The summed E-state index contributed by atoms with van der Waals surface area (Å²) in [6.45, 7) is 0. The number of fused-ring (bicyclic) bond motifs is 1. The van der Waals surface area contributed by atoms with Gasteiger partial charge in [0.05, 0.1) is 6.04 Å². The fourth-order valence-electron chi connectivity index (χ4n) is 3.98. The lowest BCUT2D eigenvalue weighted by atomic mass is 9.86.